The number of H-pyrrole nitrogens is 1. The van der Waals surface area contributed by atoms with Crippen LogP contribution in [0.2, 0.25) is 0 Å². The second-order valence-corrected chi connectivity index (χ2v) is 6.52. The Labute approximate surface area is 127 Å². The number of nitrogens with zero attached hydrogens (tertiary/aromatic N) is 3. The summed E-state index contributed by atoms with van der Waals surface area (Å²) >= 11 is 4.83. The summed E-state index contributed by atoms with van der Waals surface area (Å²) in [5.74, 6) is 0.765. The van der Waals surface area contributed by atoms with Crippen molar-refractivity contribution < 1.29 is 8.42 Å². The van der Waals surface area contributed by atoms with E-state index in [1.807, 2.05) is 6.92 Å². The van der Waals surface area contributed by atoms with Crippen molar-refractivity contribution in [3.8, 4) is 0 Å². The molecule has 0 aliphatic carbocycles. The molecule has 0 bridgehead atoms. The number of imidazole rings is 1. The SMILES string of the molecule is CCCn1cc(S(=O)(=O)Nc2[nH]ncc2C(N)=S)nc1C. The Balaban J connectivity index is 2.32. The number of rotatable bonds is 6. The Morgan fingerprint density at radius 2 is 2.29 bits per heavy atom. The maximum atomic E-state index is 12.3. The van der Waals surface area contributed by atoms with Gasteiger partial charge in [-0.15, -0.1) is 0 Å². The molecule has 114 valence electrons. The van der Waals surface area contributed by atoms with Gasteiger partial charge >= 0.3 is 0 Å². The molecule has 0 saturated carbocycles. The third-order valence-electron chi connectivity index (χ3n) is 2.83. The highest BCUT2D eigenvalue weighted by Crippen LogP contribution is 2.17. The van der Waals surface area contributed by atoms with E-state index in [0.29, 0.717) is 17.9 Å². The molecule has 0 radical (unpaired) electrons. The molecular weight excluding hydrogens is 312 g/mol. The molecule has 0 saturated heterocycles. The van der Waals surface area contributed by atoms with Crippen LogP contribution >= 0.6 is 12.2 Å². The van der Waals surface area contributed by atoms with E-state index < -0.39 is 10.0 Å². The molecule has 21 heavy (non-hydrogen) atoms. The number of nitrogens with two attached hydrogens (primary N) is 1. The third kappa shape index (κ3) is 3.22. The molecule has 8 nitrogen and oxygen atoms in total. The van der Waals surface area contributed by atoms with Crippen molar-refractivity contribution in [3.05, 3.63) is 23.8 Å². The van der Waals surface area contributed by atoms with E-state index in [1.54, 1.807) is 11.5 Å². The second-order valence-electron chi connectivity index (χ2n) is 4.45. The first-order valence-corrected chi connectivity index (χ1v) is 8.14. The highest BCUT2D eigenvalue weighted by molar-refractivity contribution is 7.92. The Kier molecular flexibility index (Phi) is 4.28. The van der Waals surface area contributed by atoms with E-state index in [2.05, 4.69) is 19.9 Å². The summed E-state index contributed by atoms with van der Waals surface area (Å²) in [6.07, 6.45) is 3.75. The van der Waals surface area contributed by atoms with Crippen molar-refractivity contribution in [1.82, 2.24) is 19.7 Å². The van der Waals surface area contributed by atoms with Crippen LogP contribution in [0, 0.1) is 6.92 Å². The average molecular weight is 328 g/mol. The number of sulfonamides is 1. The van der Waals surface area contributed by atoms with E-state index in [1.165, 1.54) is 12.4 Å². The number of aryl methyl sites for hydroxylation is 2. The zero-order valence-corrected chi connectivity index (χ0v) is 13.3. The number of nitrogens with one attached hydrogen (secondary N) is 2. The number of thiocarbonyl (C=S) groups is 1. The fraction of sp³-hybridized carbons (Fsp3) is 0.364. The van der Waals surface area contributed by atoms with Crippen molar-refractivity contribution in [2.24, 2.45) is 5.73 Å². The zero-order chi connectivity index (χ0) is 15.6. The van der Waals surface area contributed by atoms with Crippen LogP contribution in [0.3, 0.4) is 0 Å². The van der Waals surface area contributed by atoms with Crippen LogP contribution in [-0.2, 0) is 16.6 Å². The van der Waals surface area contributed by atoms with Crippen LogP contribution in [0.15, 0.2) is 17.4 Å². The van der Waals surface area contributed by atoms with Crippen LogP contribution in [0.25, 0.3) is 0 Å². The Bertz CT molecular complexity index is 762. The summed E-state index contributed by atoms with van der Waals surface area (Å²) < 4.78 is 28.8. The fourth-order valence-electron chi connectivity index (χ4n) is 1.81. The molecule has 0 spiro atoms. The molecule has 0 unspecified atom stereocenters. The second kappa shape index (κ2) is 5.82. The fourth-order valence-corrected chi connectivity index (χ4v) is 3.02. The van der Waals surface area contributed by atoms with Crippen molar-refractivity contribution in [1.29, 1.82) is 0 Å². The van der Waals surface area contributed by atoms with Gasteiger partial charge in [0.25, 0.3) is 10.0 Å². The van der Waals surface area contributed by atoms with Crippen LogP contribution < -0.4 is 10.5 Å². The van der Waals surface area contributed by atoms with Gasteiger partial charge in [-0.25, -0.2) is 4.98 Å². The molecular formula is C11H16N6O2S2. The first-order chi connectivity index (χ1) is 9.85. The van der Waals surface area contributed by atoms with Crippen molar-refractivity contribution in [2.45, 2.75) is 31.8 Å². The molecule has 0 atom stereocenters. The van der Waals surface area contributed by atoms with Gasteiger partial charge in [-0.2, -0.15) is 13.5 Å². The van der Waals surface area contributed by atoms with Gasteiger partial charge in [-0.3, -0.25) is 9.82 Å². The number of hydrogen-bond donors (Lipinski definition) is 3. The summed E-state index contributed by atoms with van der Waals surface area (Å²) in [6, 6.07) is 0. The maximum absolute atomic E-state index is 12.3. The van der Waals surface area contributed by atoms with Crippen molar-refractivity contribution in [2.75, 3.05) is 4.72 Å². The van der Waals surface area contributed by atoms with Gasteiger partial charge in [0, 0.05) is 12.7 Å². The first-order valence-electron chi connectivity index (χ1n) is 6.25. The molecule has 2 rings (SSSR count). The summed E-state index contributed by atoms with van der Waals surface area (Å²) in [4.78, 5) is 4.12. The van der Waals surface area contributed by atoms with Gasteiger partial charge in [0.1, 0.15) is 16.6 Å². The zero-order valence-electron chi connectivity index (χ0n) is 11.6. The summed E-state index contributed by atoms with van der Waals surface area (Å²) in [5, 5.41) is 6.19. The molecule has 0 aliphatic rings. The van der Waals surface area contributed by atoms with Crippen LogP contribution in [-0.4, -0.2) is 33.2 Å². The molecule has 0 aliphatic heterocycles. The van der Waals surface area contributed by atoms with Crippen LogP contribution in [0.5, 0.6) is 0 Å². The minimum atomic E-state index is -3.83. The summed E-state index contributed by atoms with van der Waals surface area (Å²) in [6.45, 7) is 4.47. The lowest BCUT2D eigenvalue weighted by Gasteiger charge is -2.05. The molecule has 0 aromatic carbocycles. The Morgan fingerprint density at radius 1 is 1.57 bits per heavy atom. The minimum absolute atomic E-state index is 0.0501. The van der Waals surface area contributed by atoms with E-state index >= 15 is 0 Å². The Morgan fingerprint density at radius 3 is 2.90 bits per heavy atom. The predicted molar refractivity (Wildman–Crippen MR) is 82.5 cm³/mol. The number of hydrogen-bond acceptors (Lipinski definition) is 5. The van der Waals surface area contributed by atoms with Crippen molar-refractivity contribution >= 4 is 33.0 Å². The largest absolute Gasteiger partial charge is 0.389 e. The smallest absolute Gasteiger partial charge is 0.282 e. The van der Waals surface area contributed by atoms with Crippen LogP contribution in [0.1, 0.15) is 24.7 Å². The van der Waals surface area contributed by atoms with Gasteiger partial charge in [0.2, 0.25) is 0 Å². The van der Waals surface area contributed by atoms with Gasteiger partial charge in [-0.1, -0.05) is 19.1 Å². The minimum Gasteiger partial charge on any atom is -0.389 e. The highest BCUT2D eigenvalue weighted by atomic mass is 32.2. The monoisotopic (exact) mass is 328 g/mol. The standard InChI is InChI=1S/C11H16N6O2S2/c1-3-4-17-6-9(14-7(17)2)21(18,19)16-11-8(10(12)20)5-13-15-11/h5-6H,3-4H2,1-2H3,(H2,12,20)(H2,13,15,16). The number of aromatic amines is 1. The maximum Gasteiger partial charge on any atom is 0.282 e. The molecule has 2 aromatic heterocycles. The topological polar surface area (TPSA) is 119 Å². The van der Waals surface area contributed by atoms with E-state index in [0.717, 1.165) is 6.42 Å². The molecule has 2 heterocycles. The first kappa shape index (κ1) is 15.4. The quantitative estimate of drug-likeness (QED) is 0.674. The molecule has 0 fully saturated rings. The van der Waals surface area contributed by atoms with E-state index in [-0.39, 0.29) is 15.8 Å². The van der Waals surface area contributed by atoms with E-state index in [9.17, 15) is 8.42 Å². The lowest BCUT2D eigenvalue weighted by atomic mass is 10.3. The average Bonchev–Trinajstić information content (AvgIpc) is 2.97. The normalized spacial score (nSPS) is 11.5. The number of aromatic nitrogens is 4. The van der Waals surface area contributed by atoms with Gasteiger partial charge in [0.15, 0.2) is 5.03 Å². The molecule has 10 heteroatoms. The van der Waals surface area contributed by atoms with Gasteiger partial charge < -0.3 is 10.3 Å². The van der Waals surface area contributed by atoms with Gasteiger partial charge in [-0.05, 0) is 13.3 Å². The van der Waals surface area contributed by atoms with Crippen LogP contribution in [0.4, 0.5) is 5.82 Å². The molecule has 4 N–H and O–H groups in total. The third-order valence-corrected chi connectivity index (χ3v) is 4.28. The molecule has 2 aromatic rings. The molecule has 0 amide bonds. The lowest BCUT2D eigenvalue weighted by Crippen LogP contribution is -2.17. The predicted octanol–water partition coefficient (Wildman–Crippen LogP) is 0.760. The number of anilines is 1. The Hall–Kier alpha value is -1.94. The highest BCUT2D eigenvalue weighted by Gasteiger charge is 2.22. The summed E-state index contributed by atoms with van der Waals surface area (Å²) in [7, 11) is -3.83. The van der Waals surface area contributed by atoms with Gasteiger partial charge in [0.05, 0.1) is 11.8 Å². The lowest BCUT2D eigenvalue weighted by molar-refractivity contribution is 0.597. The van der Waals surface area contributed by atoms with E-state index in [4.69, 9.17) is 18.0 Å². The summed E-state index contributed by atoms with van der Waals surface area (Å²) in [5.41, 5.74) is 5.83. The van der Waals surface area contributed by atoms with Crippen molar-refractivity contribution in [3.63, 3.8) is 0 Å².